The number of hydrogen-bond donors (Lipinski definition) is 2. The van der Waals surface area contributed by atoms with E-state index in [-0.39, 0.29) is 4.75 Å². The molecule has 1 fully saturated rings. The van der Waals surface area contributed by atoms with Gasteiger partial charge in [0, 0.05) is 20.8 Å². The van der Waals surface area contributed by atoms with Crippen LogP contribution in [0.2, 0.25) is 0 Å². The van der Waals surface area contributed by atoms with Crippen molar-refractivity contribution in [2.45, 2.75) is 37.4 Å². The first kappa shape index (κ1) is 15.0. The molecule has 0 aliphatic carbocycles. The number of halogens is 1. The normalized spacial score (nSPS) is 21.6. The average Bonchev–Trinajstić information content (AvgIpc) is 2.79. The molecule has 1 aliphatic heterocycles. The van der Waals surface area contributed by atoms with Crippen molar-refractivity contribution in [2.75, 3.05) is 5.75 Å². The van der Waals surface area contributed by atoms with E-state index in [1.54, 1.807) is 6.07 Å². The van der Waals surface area contributed by atoms with E-state index in [0.29, 0.717) is 11.5 Å². The van der Waals surface area contributed by atoms with Crippen molar-refractivity contribution in [3.63, 3.8) is 0 Å². The second-order valence-corrected chi connectivity index (χ2v) is 8.94. The van der Waals surface area contributed by atoms with Crippen molar-refractivity contribution in [2.24, 2.45) is 0 Å². The maximum atomic E-state index is 11.4. The molecule has 2 aromatic rings. The molecule has 3 rings (SSSR count). The van der Waals surface area contributed by atoms with Gasteiger partial charge in [-0.3, -0.25) is 0 Å². The van der Waals surface area contributed by atoms with Crippen LogP contribution in [-0.4, -0.2) is 26.6 Å². The molecule has 1 aliphatic rings. The number of hydrogen-bond acceptors (Lipinski definition) is 2. The maximum Gasteiger partial charge on any atom is 0.337 e. The lowest BCUT2D eigenvalue weighted by molar-refractivity contribution is 0.0699. The Labute approximate surface area is 136 Å². The van der Waals surface area contributed by atoms with E-state index < -0.39 is 5.97 Å². The third-order valence-electron chi connectivity index (χ3n) is 4.15. The van der Waals surface area contributed by atoms with Crippen LogP contribution in [0.5, 0.6) is 0 Å². The zero-order valence-electron chi connectivity index (χ0n) is 12.1. The van der Waals surface area contributed by atoms with Gasteiger partial charge in [-0.05, 0) is 42.2 Å². The summed E-state index contributed by atoms with van der Waals surface area (Å²) >= 11 is 5.46. The lowest BCUT2D eigenvalue weighted by Crippen LogP contribution is -2.24. The van der Waals surface area contributed by atoms with Gasteiger partial charge in [0.05, 0.1) is 11.1 Å². The SMILES string of the molecule is CC1(C)CC(c2c[nH]c3c(C(=O)O)cc(Br)cc23)CCS1. The van der Waals surface area contributed by atoms with Gasteiger partial charge in [-0.15, -0.1) is 0 Å². The minimum atomic E-state index is -0.894. The molecule has 1 aromatic carbocycles. The fourth-order valence-corrected chi connectivity index (χ4v) is 4.95. The van der Waals surface area contributed by atoms with Gasteiger partial charge in [0.15, 0.2) is 0 Å². The van der Waals surface area contributed by atoms with Crippen molar-refractivity contribution >= 4 is 44.6 Å². The number of aromatic amines is 1. The van der Waals surface area contributed by atoms with Crippen molar-refractivity contribution < 1.29 is 9.90 Å². The highest BCUT2D eigenvalue weighted by molar-refractivity contribution is 9.10. The zero-order chi connectivity index (χ0) is 15.2. The number of aromatic nitrogens is 1. The summed E-state index contributed by atoms with van der Waals surface area (Å²) in [5.74, 6) is 0.754. The Hall–Kier alpha value is -0.940. The number of aromatic carboxylic acids is 1. The number of fused-ring (bicyclic) bond motifs is 1. The number of thioether (sulfide) groups is 1. The van der Waals surface area contributed by atoms with E-state index in [1.165, 1.54) is 5.56 Å². The van der Waals surface area contributed by atoms with Gasteiger partial charge >= 0.3 is 5.97 Å². The highest BCUT2D eigenvalue weighted by atomic mass is 79.9. The van der Waals surface area contributed by atoms with Gasteiger partial charge in [-0.2, -0.15) is 11.8 Å². The van der Waals surface area contributed by atoms with Crippen molar-refractivity contribution in [3.05, 3.63) is 33.9 Å². The summed E-state index contributed by atoms with van der Waals surface area (Å²) in [6.07, 6.45) is 4.27. The summed E-state index contributed by atoms with van der Waals surface area (Å²) in [6.45, 7) is 4.58. The molecule has 3 nitrogen and oxygen atoms in total. The topological polar surface area (TPSA) is 53.1 Å². The van der Waals surface area contributed by atoms with Gasteiger partial charge in [0.25, 0.3) is 0 Å². The number of carboxylic acid groups (broad SMARTS) is 1. The molecule has 0 spiro atoms. The van der Waals surface area contributed by atoms with Crippen LogP contribution in [0.3, 0.4) is 0 Å². The Balaban J connectivity index is 2.10. The van der Waals surface area contributed by atoms with E-state index in [0.717, 1.165) is 34.0 Å². The fourth-order valence-electron chi connectivity index (χ4n) is 3.22. The number of carbonyl (C=O) groups is 1. The summed E-state index contributed by atoms with van der Waals surface area (Å²) in [5, 5.41) is 10.4. The molecule has 1 saturated heterocycles. The highest BCUT2D eigenvalue weighted by Crippen LogP contribution is 2.45. The second-order valence-electron chi connectivity index (χ2n) is 6.22. The summed E-state index contributed by atoms with van der Waals surface area (Å²) in [7, 11) is 0. The Kier molecular flexibility index (Phi) is 3.82. The molecule has 5 heteroatoms. The highest BCUT2D eigenvalue weighted by Gasteiger charge is 2.31. The first-order chi connectivity index (χ1) is 9.87. The summed E-state index contributed by atoms with van der Waals surface area (Å²) in [4.78, 5) is 14.6. The number of benzene rings is 1. The van der Waals surface area contributed by atoms with Gasteiger partial charge in [0.2, 0.25) is 0 Å². The molecular formula is C16H18BrNO2S. The first-order valence-electron chi connectivity index (χ1n) is 7.05. The molecule has 0 amide bonds. The standard InChI is InChI=1S/C16H18BrNO2S/c1-16(2)7-9(3-4-21-16)13-8-18-14-11(13)5-10(17)6-12(14)15(19)20/h5-6,8-9,18H,3-4,7H2,1-2H3,(H,19,20). The molecule has 1 aromatic heterocycles. The third-order valence-corrected chi connectivity index (χ3v) is 6.00. The number of carboxylic acids is 1. The van der Waals surface area contributed by atoms with E-state index in [4.69, 9.17) is 0 Å². The van der Waals surface area contributed by atoms with Crippen LogP contribution >= 0.6 is 27.7 Å². The van der Waals surface area contributed by atoms with Crippen LogP contribution in [0.1, 0.15) is 48.5 Å². The minimum absolute atomic E-state index is 0.286. The van der Waals surface area contributed by atoms with E-state index in [2.05, 4.69) is 34.8 Å². The lowest BCUT2D eigenvalue weighted by Gasteiger charge is -2.34. The minimum Gasteiger partial charge on any atom is -0.478 e. The molecule has 1 atom stereocenters. The van der Waals surface area contributed by atoms with E-state index in [1.807, 2.05) is 24.0 Å². The Morgan fingerprint density at radius 3 is 2.90 bits per heavy atom. The molecule has 0 saturated carbocycles. The number of H-pyrrole nitrogens is 1. The van der Waals surface area contributed by atoms with Crippen molar-refractivity contribution in [1.82, 2.24) is 4.98 Å². The molecule has 2 heterocycles. The predicted molar refractivity (Wildman–Crippen MR) is 91.5 cm³/mol. The molecule has 112 valence electrons. The van der Waals surface area contributed by atoms with E-state index in [9.17, 15) is 9.90 Å². The third kappa shape index (κ3) is 2.86. The second kappa shape index (κ2) is 5.36. The molecule has 0 bridgehead atoms. The average molecular weight is 368 g/mol. The van der Waals surface area contributed by atoms with Crippen LogP contribution in [0, 0.1) is 0 Å². The largest absolute Gasteiger partial charge is 0.478 e. The molecule has 1 unspecified atom stereocenters. The van der Waals surface area contributed by atoms with Gasteiger partial charge < -0.3 is 10.1 Å². The van der Waals surface area contributed by atoms with Gasteiger partial charge in [0.1, 0.15) is 0 Å². The smallest absolute Gasteiger partial charge is 0.337 e. The Morgan fingerprint density at radius 1 is 1.48 bits per heavy atom. The van der Waals surface area contributed by atoms with Crippen LogP contribution < -0.4 is 0 Å². The summed E-state index contributed by atoms with van der Waals surface area (Å²) in [6, 6.07) is 3.69. The summed E-state index contributed by atoms with van der Waals surface area (Å²) in [5.41, 5.74) is 2.31. The molecule has 2 N–H and O–H groups in total. The van der Waals surface area contributed by atoms with Gasteiger partial charge in [-0.25, -0.2) is 4.79 Å². The first-order valence-corrected chi connectivity index (χ1v) is 8.83. The quantitative estimate of drug-likeness (QED) is 0.783. The lowest BCUT2D eigenvalue weighted by atomic mass is 9.87. The van der Waals surface area contributed by atoms with Crippen LogP contribution in [0.25, 0.3) is 10.9 Å². The van der Waals surface area contributed by atoms with Crippen LogP contribution in [0.4, 0.5) is 0 Å². The molecule has 0 radical (unpaired) electrons. The Bertz CT molecular complexity index is 708. The number of rotatable bonds is 2. The fraction of sp³-hybridized carbons (Fsp3) is 0.438. The molecular weight excluding hydrogens is 350 g/mol. The maximum absolute atomic E-state index is 11.4. The van der Waals surface area contributed by atoms with Crippen molar-refractivity contribution in [3.8, 4) is 0 Å². The van der Waals surface area contributed by atoms with Crippen LogP contribution in [0.15, 0.2) is 22.8 Å². The monoisotopic (exact) mass is 367 g/mol. The Morgan fingerprint density at radius 2 is 2.24 bits per heavy atom. The van der Waals surface area contributed by atoms with Crippen LogP contribution in [-0.2, 0) is 0 Å². The van der Waals surface area contributed by atoms with Crippen molar-refractivity contribution in [1.29, 1.82) is 0 Å². The van der Waals surface area contributed by atoms with E-state index >= 15 is 0 Å². The number of nitrogens with one attached hydrogen (secondary N) is 1. The summed E-state index contributed by atoms with van der Waals surface area (Å²) < 4.78 is 1.10. The predicted octanol–water partition coefficient (Wildman–Crippen LogP) is 5.02. The molecule has 21 heavy (non-hydrogen) atoms. The zero-order valence-corrected chi connectivity index (χ0v) is 14.5. The van der Waals surface area contributed by atoms with Gasteiger partial charge in [-0.1, -0.05) is 29.8 Å².